The molecular weight excluding hydrogens is 296 g/mol. The highest BCUT2D eigenvalue weighted by Gasteiger charge is 2.25. The molecule has 1 aliphatic rings. The summed E-state index contributed by atoms with van der Waals surface area (Å²) in [4.78, 5) is 0. The zero-order chi connectivity index (χ0) is 13.7. The van der Waals surface area contributed by atoms with Crippen molar-refractivity contribution >= 4 is 22.4 Å². The van der Waals surface area contributed by atoms with Gasteiger partial charge < -0.3 is 5.32 Å². The van der Waals surface area contributed by atoms with E-state index in [9.17, 15) is 8.42 Å². The Balaban J connectivity index is 0.00000200. The first-order valence-electron chi connectivity index (χ1n) is 6.84. The normalized spacial score (nSPS) is 23.1. The van der Waals surface area contributed by atoms with E-state index in [-0.39, 0.29) is 30.2 Å². The lowest BCUT2D eigenvalue weighted by molar-refractivity contribution is 0.349. The highest BCUT2D eigenvalue weighted by Crippen LogP contribution is 2.10. The molecule has 1 aliphatic heterocycles. The Labute approximate surface area is 127 Å². The second-order valence-corrected chi connectivity index (χ2v) is 7.04. The van der Waals surface area contributed by atoms with Gasteiger partial charge >= 0.3 is 0 Å². The van der Waals surface area contributed by atoms with Gasteiger partial charge in [0.15, 0.2) is 0 Å². The quantitative estimate of drug-likeness (QED) is 0.869. The highest BCUT2D eigenvalue weighted by molar-refractivity contribution is 7.89. The minimum atomic E-state index is -3.20. The van der Waals surface area contributed by atoms with Crippen LogP contribution in [0.15, 0.2) is 30.3 Å². The van der Waals surface area contributed by atoms with E-state index in [1.807, 2.05) is 37.3 Å². The van der Waals surface area contributed by atoms with Crippen LogP contribution in [0.2, 0.25) is 0 Å². The smallest absolute Gasteiger partial charge is 0.212 e. The fourth-order valence-corrected chi connectivity index (χ4v) is 3.80. The topological polar surface area (TPSA) is 58.2 Å². The number of halogens is 1. The van der Waals surface area contributed by atoms with E-state index < -0.39 is 10.0 Å². The molecule has 1 heterocycles. The standard InChI is InChI=1S/C14H22N2O2S.ClH/c1-12-14(8-5-10-15-12)16-19(17,18)11-9-13-6-3-2-4-7-13;/h2-4,6-7,12,14-16H,5,8-11H2,1H3;1H. The average molecular weight is 319 g/mol. The lowest BCUT2D eigenvalue weighted by atomic mass is 10.0. The number of piperidine rings is 1. The predicted octanol–water partition coefficient (Wildman–Crippen LogP) is 1.71. The maximum atomic E-state index is 12.1. The van der Waals surface area contributed by atoms with E-state index in [1.54, 1.807) is 0 Å². The van der Waals surface area contributed by atoms with Gasteiger partial charge in [0.2, 0.25) is 10.0 Å². The van der Waals surface area contributed by atoms with E-state index in [0.29, 0.717) is 6.42 Å². The second kappa shape index (κ2) is 7.98. The van der Waals surface area contributed by atoms with Crippen molar-refractivity contribution in [2.24, 2.45) is 0 Å². The van der Waals surface area contributed by atoms with Crippen molar-refractivity contribution in [3.05, 3.63) is 35.9 Å². The third kappa shape index (κ3) is 5.40. The van der Waals surface area contributed by atoms with E-state index in [4.69, 9.17) is 0 Å². The van der Waals surface area contributed by atoms with Crippen molar-refractivity contribution < 1.29 is 8.42 Å². The molecule has 2 N–H and O–H groups in total. The minimum absolute atomic E-state index is 0. The molecule has 0 spiro atoms. The Morgan fingerprint density at radius 3 is 2.65 bits per heavy atom. The van der Waals surface area contributed by atoms with Crippen LogP contribution in [0.5, 0.6) is 0 Å². The summed E-state index contributed by atoms with van der Waals surface area (Å²) >= 11 is 0. The van der Waals surface area contributed by atoms with Gasteiger partial charge in [-0.25, -0.2) is 13.1 Å². The summed E-state index contributed by atoms with van der Waals surface area (Å²) in [5.41, 5.74) is 1.06. The van der Waals surface area contributed by atoms with Gasteiger partial charge in [-0.2, -0.15) is 0 Å². The molecule has 114 valence electrons. The molecule has 0 aliphatic carbocycles. The predicted molar refractivity (Wildman–Crippen MR) is 84.8 cm³/mol. The monoisotopic (exact) mass is 318 g/mol. The van der Waals surface area contributed by atoms with E-state index >= 15 is 0 Å². The first-order chi connectivity index (χ1) is 9.07. The molecule has 0 bridgehead atoms. The largest absolute Gasteiger partial charge is 0.313 e. The number of aryl methyl sites for hydroxylation is 1. The van der Waals surface area contributed by atoms with Crippen LogP contribution in [-0.4, -0.2) is 32.8 Å². The molecule has 20 heavy (non-hydrogen) atoms. The van der Waals surface area contributed by atoms with Gasteiger partial charge in [0.05, 0.1) is 5.75 Å². The van der Waals surface area contributed by atoms with Crippen LogP contribution in [-0.2, 0) is 16.4 Å². The molecular formula is C14H23ClN2O2S. The first kappa shape index (κ1) is 17.4. The molecule has 4 nitrogen and oxygen atoms in total. The van der Waals surface area contributed by atoms with Crippen LogP contribution in [0.1, 0.15) is 25.3 Å². The molecule has 0 radical (unpaired) electrons. The number of rotatable bonds is 5. The van der Waals surface area contributed by atoms with Gasteiger partial charge in [0.1, 0.15) is 0 Å². The Hall–Kier alpha value is -0.620. The molecule has 1 aromatic rings. The fourth-order valence-electron chi connectivity index (χ4n) is 2.39. The fraction of sp³-hybridized carbons (Fsp3) is 0.571. The summed E-state index contributed by atoms with van der Waals surface area (Å²) in [5, 5.41) is 3.30. The van der Waals surface area contributed by atoms with Crippen molar-refractivity contribution in [1.82, 2.24) is 10.0 Å². The Morgan fingerprint density at radius 1 is 1.30 bits per heavy atom. The minimum Gasteiger partial charge on any atom is -0.313 e. The molecule has 0 aromatic heterocycles. The van der Waals surface area contributed by atoms with Gasteiger partial charge in [-0.15, -0.1) is 12.4 Å². The number of hydrogen-bond donors (Lipinski definition) is 2. The third-order valence-electron chi connectivity index (χ3n) is 3.59. The van der Waals surface area contributed by atoms with Crippen molar-refractivity contribution in [2.45, 2.75) is 38.3 Å². The van der Waals surface area contributed by atoms with Crippen molar-refractivity contribution in [2.75, 3.05) is 12.3 Å². The Bertz CT molecular complexity index is 493. The molecule has 1 aromatic carbocycles. The number of hydrogen-bond acceptors (Lipinski definition) is 3. The maximum absolute atomic E-state index is 12.1. The van der Waals surface area contributed by atoms with E-state index in [1.165, 1.54) is 0 Å². The van der Waals surface area contributed by atoms with Crippen LogP contribution >= 0.6 is 12.4 Å². The molecule has 0 saturated carbocycles. The van der Waals surface area contributed by atoms with Crippen LogP contribution < -0.4 is 10.0 Å². The molecule has 0 amide bonds. The van der Waals surface area contributed by atoms with Crippen LogP contribution in [0.4, 0.5) is 0 Å². The van der Waals surface area contributed by atoms with Gasteiger partial charge in [-0.05, 0) is 38.3 Å². The van der Waals surface area contributed by atoms with Gasteiger partial charge in [-0.1, -0.05) is 30.3 Å². The Morgan fingerprint density at radius 2 is 2.00 bits per heavy atom. The highest BCUT2D eigenvalue weighted by atomic mass is 35.5. The maximum Gasteiger partial charge on any atom is 0.212 e. The third-order valence-corrected chi connectivity index (χ3v) is 5.00. The number of benzene rings is 1. The first-order valence-corrected chi connectivity index (χ1v) is 8.49. The van der Waals surface area contributed by atoms with Crippen molar-refractivity contribution in [3.63, 3.8) is 0 Å². The SMILES string of the molecule is CC1NCCCC1NS(=O)(=O)CCc1ccccc1.Cl. The summed E-state index contributed by atoms with van der Waals surface area (Å²) < 4.78 is 27.0. The lowest BCUT2D eigenvalue weighted by Gasteiger charge is -2.30. The Kier molecular flexibility index (Phi) is 6.95. The van der Waals surface area contributed by atoms with Crippen LogP contribution in [0.25, 0.3) is 0 Å². The van der Waals surface area contributed by atoms with Crippen LogP contribution in [0.3, 0.4) is 0 Å². The number of sulfonamides is 1. The van der Waals surface area contributed by atoms with Crippen LogP contribution in [0, 0.1) is 0 Å². The molecule has 1 fully saturated rings. The van der Waals surface area contributed by atoms with Gasteiger partial charge in [-0.3, -0.25) is 0 Å². The molecule has 2 atom stereocenters. The summed E-state index contributed by atoms with van der Waals surface area (Å²) in [5.74, 6) is 0.153. The van der Waals surface area contributed by atoms with Gasteiger partial charge in [0.25, 0.3) is 0 Å². The molecule has 2 unspecified atom stereocenters. The zero-order valence-corrected chi connectivity index (χ0v) is 13.3. The lowest BCUT2D eigenvalue weighted by Crippen LogP contribution is -2.52. The average Bonchev–Trinajstić information content (AvgIpc) is 2.40. The molecule has 6 heteroatoms. The summed E-state index contributed by atoms with van der Waals surface area (Å²) in [7, 11) is -3.20. The summed E-state index contributed by atoms with van der Waals surface area (Å²) in [6.45, 7) is 3.01. The van der Waals surface area contributed by atoms with E-state index in [0.717, 1.165) is 24.9 Å². The summed E-state index contributed by atoms with van der Waals surface area (Å²) in [6, 6.07) is 9.95. The summed E-state index contributed by atoms with van der Waals surface area (Å²) in [6.07, 6.45) is 2.50. The van der Waals surface area contributed by atoms with E-state index in [2.05, 4.69) is 10.0 Å². The second-order valence-electron chi connectivity index (χ2n) is 5.16. The van der Waals surface area contributed by atoms with Crippen molar-refractivity contribution in [3.8, 4) is 0 Å². The van der Waals surface area contributed by atoms with Gasteiger partial charge in [0, 0.05) is 12.1 Å². The number of nitrogens with one attached hydrogen (secondary N) is 2. The zero-order valence-electron chi connectivity index (χ0n) is 11.7. The molecule has 1 saturated heterocycles. The molecule has 2 rings (SSSR count). The van der Waals surface area contributed by atoms with Crippen molar-refractivity contribution in [1.29, 1.82) is 0 Å².